The van der Waals surface area contributed by atoms with Crippen LogP contribution in [0.5, 0.6) is 0 Å². The maximum Gasteiger partial charge on any atom is 0.241 e. The molecule has 68 valence electrons. The first kappa shape index (κ1) is 9.48. The number of hydrogen-bond acceptors (Lipinski definition) is 2. The third-order valence-electron chi connectivity index (χ3n) is 1.63. The standard InChI is InChI=1S/C10H12N2O/c11-7-9-3-1-2-8(6-9)4-5-10(12)13/h1-6H,7,11H2,(H2,12,13). The Hall–Kier alpha value is -1.61. The van der Waals surface area contributed by atoms with E-state index in [0.717, 1.165) is 11.1 Å². The minimum atomic E-state index is -0.446. The van der Waals surface area contributed by atoms with Gasteiger partial charge in [0.1, 0.15) is 0 Å². The molecule has 0 fully saturated rings. The predicted molar refractivity (Wildman–Crippen MR) is 52.6 cm³/mol. The molecule has 0 saturated heterocycles. The molecule has 0 unspecified atom stereocenters. The smallest absolute Gasteiger partial charge is 0.241 e. The van der Waals surface area contributed by atoms with E-state index in [0.29, 0.717) is 6.54 Å². The Morgan fingerprint density at radius 3 is 2.85 bits per heavy atom. The van der Waals surface area contributed by atoms with Gasteiger partial charge in [0, 0.05) is 12.6 Å². The van der Waals surface area contributed by atoms with Crippen LogP contribution in [0.25, 0.3) is 6.08 Å². The molecule has 1 aromatic carbocycles. The van der Waals surface area contributed by atoms with E-state index in [1.165, 1.54) is 6.08 Å². The first-order valence-corrected chi connectivity index (χ1v) is 3.99. The maximum absolute atomic E-state index is 10.4. The van der Waals surface area contributed by atoms with E-state index in [-0.39, 0.29) is 0 Å². The Kier molecular flexibility index (Phi) is 3.23. The molecule has 1 rings (SSSR count). The number of carbonyl (C=O) groups excluding carboxylic acids is 1. The maximum atomic E-state index is 10.4. The normalized spacial score (nSPS) is 10.5. The van der Waals surface area contributed by atoms with Crippen molar-refractivity contribution in [3.63, 3.8) is 0 Å². The first-order chi connectivity index (χ1) is 6.22. The molecule has 0 aliphatic rings. The summed E-state index contributed by atoms with van der Waals surface area (Å²) < 4.78 is 0. The lowest BCUT2D eigenvalue weighted by Gasteiger charge is -1.97. The summed E-state index contributed by atoms with van der Waals surface area (Å²) in [6, 6.07) is 7.63. The monoisotopic (exact) mass is 176 g/mol. The molecule has 4 N–H and O–H groups in total. The minimum absolute atomic E-state index is 0.446. The Morgan fingerprint density at radius 1 is 1.46 bits per heavy atom. The molecular weight excluding hydrogens is 164 g/mol. The van der Waals surface area contributed by atoms with Crippen LogP contribution in [0.3, 0.4) is 0 Å². The molecule has 0 heterocycles. The average Bonchev–Trinajstić information content (AvgIpc) is 2.15. The lowest BCUT2D eigenvalue weighted by molar-refractivity contribution is -0.113. The van der Waals surface area contributed by atoms with Crippen molar-refractivity contribution in [2.75, 3.05) is 0 Å². The van der Waals surface area contributed by atoms with Gasteiger partial charge in [0.05, 0.1) is 0 Å². The van der Waals surface area contributed by atoms with Crippen molar-refractivity contribution in [1.29, 1.82) is 0 Å². The first-order valence-electron chi connectivity index (χ1n) is 3.99. The predicted octanol–water partition coefficient (Wildman–Crippen LogP) is 0.644. The zero-order chi connectivity index (χ0) is 9.68. The summed E-state index contributed by atoms with van der Waals surface area (Å²) in [7, 11) is 0. The highest BCUT2D eigenvalue weighted by molar-refractivity contribution is 5.90. The van der Waals surface area contributed by atoms with E-state index in [1.807, 2.05) is 24.3 Å². The second-order valence-electron chi connectivity index (χ2n) is 2.68. The van der Waals surface area contributed by atoms with Gasteiger partial charge in [-0.25, -0.2) is 0 Å². The summed E-state index contributed by atoms with van der Waals surface area (Å²) in [6.45, 7) is 0.498. The van der Waals surface area contributed by atoms with Gasteiger partial charge in [-0.2, -0.15) is 0 Å². The lowest BCUT2D eigenvalue weighted by atomic mass is 10.1. The van der Waals surface area contributed by atoms with Crippen molar-refractivity contribution in [3.05, 3.63) is 41.5 Å². The summed E-state index contributed by atoms with van der Waals surface area (Å²) in [6.07, 6.45) is 3.00. The molecule has 3 nitrogen and oxygen atoms in total. The summed E-state index contributed by atoms with van der Waals surface area (Å²) in [4.78, 5) is 10.4. The number of primary amides is 1. The van der Waals surface area contributed by atoms with Gasteiger partial charge in [-0.15, -0.1) is 0 Å². The molecule has 0 aliphatic carbocycles. The third-order valence-corrected chi connectivity index (χ3v) is 1.63. The van der Waals surface area contributed by atoms with Gasteiger partial charge in [0.25, 0.3) is 0 Å². The highest BCUT2D eigenvalue weighted by Gasteiger charge is 1.90. The molecule has 0 atom stereocenters. The fourth-order valence-electron chi connectivity index (χ4n) is 1.00. The van der Waals surface area contributed by atoms with E-state index in [1.54, 1.807) is 6.08 Å². The number of amides is 1. The summed E-state index contributed by atoms with van der Waals surface area (Å²) in [5.74, 6) is -0.446. The number of nitrogens with two attached hydrogens (primary N) is 2. The Morgan fingerprint density at radius 2 is 2.23 bits per heavy atom. The second kappa shape index (κ2) is 4.42. The molecule has 1 aromatic rings. The molecule has 0 saturated carbocycles. The highest BCUT2D eigenvalue weighted by atomic mass is 16.1. The van der Waals surface area contributed by atoms with Crippen molar-refractivity contribution >= 4 is 12.0 Å². The fraction of sp³-hybridized carbons (Fsp3) is 0.100. The minimum Gasteiger partial charge on any atom is -0.366 e. The van der Waals surface area contributed by atoms with Crippen molar-refractivity contribution in [2.45, 2.75) is 6.54 Å². The van der Waals surface area contributed by atoms with Crippen LogP contribution in [0, 0.1) is 0 Å². The van der Waals surface area contributed by atoms with Crippen LogP contribution in [0.1, 0.15) is 11.1 Å². The van der Waals surface area contributed by atoms with E-state index < -0.39 is 5.91 Å². The average molecular weight is 176 g/mol. The van der Waals surface area contributed by atoms with E-state index in [2.05, 4.69) is 0 Å². The molecule has 13 heavy (non-hydrogen) atoms. The van der Waals surface area contributed by atoms with Crippen LogP contribution in [0.15, 0.2) is 30.3 Å². The molecule has 3 heteroatoms. The number of benzene rings is 1. The van der Waals surface area contributed by atoms with Crippen LogP contribution in [0.2, 0.25) is 0 Å². The van der Waals surface area contributed by atoms with Gasteiger partial charge in [-0.1, -0.05) is 24.3 Å². The van der Waals surface area contributed by atoms with Gasteiger partial charge in [-0.3, -0.25) is 4.79 Å². The largest absolute Gasteiger partial charge is 0.366 e. The summed E-state index contributed by atoms with van der Waals surface area (Å²) >= 11 is 0. The van der Waals surface area contributed by atoms with Gasteiger partial charge < -0.3 is 11.5 Å². The molecular formula is C10H12N2O. The van der Waals surface area contributed by atoms with Crippen LogP contribution < -0.4 is 11.5 Å². The topological polar surface area (TPSA) is 69.1 Å². The van der Waals surface area contributed by atoms with Crippen molar-refractivity contribution in [1.82, 2.24) is 0 Å². The zero-order valence-electron chi connectivity index (χ0n) is 7.23. The Bertz CT molecular complexity index is 331. The van der Waals surface area contributed by atoms with Crippen LogP contribution >= 0.6 is 0 Å². The lowest BCUT2D eigenvalue weighted by Crippen LogP contribution is -2.05. The number of hydrogen-bond donors (Lipinski definition) is 2. The van der Waals surface area contributed by atoms with Crippen molar-refractivity contribution < 1.29 is 4.79 Å². The number of rotatable bonds is 3. The molecule has 0 aromatic heterocycles. The Balaban J connectivity index is 2.83. The quantitative estimate of drug-likeness (QED) is 0.664. The zero-order valence-corrected chi connectivity index (χ0v) is 7.23. The molecule has 0 radical (unpaired) electrons. The fourth-order valence-corrected chi connectivity index (χ4v) is 1.00. The Labute approximate surface area is 77.0 Å². The van der Waals surface area contributed by atoms with Crippen LogP contribution in [0.4, 0.5) is 0 Å². The molecule has 1 amide bonds. The third kappa shape index (κ3) is 3.09. The van der Waals surface area contributed by atoms with Gasteiger partial charge in [-0.05, 0) is 17.2 Å². The van der Waals surface area contributed by atoms with Crippen LogP contribution in [-0.4, -0.2) is 5.91 Å². The van der Waals surface area contributed by atoms with Crippen molar-refractivity contribution in [3.8, 4) is 0 Å². The number of carbonyl (C=O) groups is 1. The molecule has 0 spiro atoms. The highest BCUT2D eigenvalue weighted by Crippen LogP contribution is 2.05. The summed E-state index contributed by atoms with van der Waals surface area (Å²) in [5, 5.41) is 0. The van der Waals surface area contributed by atoms with E-state index >= 15 is 0 Å². The second-order valence-corrected chi connectivity index (χ2v) is 2.68. The van der Waals surface area contributed by atoms with E-state index in [4.69, 9.17) is 11.5 Å². The molecule has 0 bridgehead atoms. The van der Waals surface area contributed by atoms with E-state index in [9.17, 15) is 4.79 Å². The summed E-state index contributed by atoms with van der Waals surface area (Å²) in [5.41, 5.74) is 12.4. The molecule has 0 aliphatic heterocycles. The van der Waals surface area contributed by atoms with Gasteiger partial charge in [0.15, 0.2) is 0 Å². The van der Waals surface area contributed by atoms with Gasteiger partial charge in [0.2, 0.25) is 5.91 Å². The van der Waals surface area contributed by atoms with Gasteiger partial charge >= 0.3 is 0 Å². The van der Waals surface area contributed by atoms with Crippen molar-refractivity contribution in [2.24, 2.45) is 11.5 Å². The van der Waals surface area contributed by atoms with Crippen LogP contribution in [-0.2, 0) is 11.3 Å². The SMILES string of the molecule is NCc1cccc(C=CC(N)=O)c1.